The van der Waals surface area contributed by atoms with Crippen LogP contribution in [0.15, 0.2) is 41.4 Å². The maximum atomic E-state index is 10.1. The number of hydrogen-bond acceptors (Lipinski definition) is 2. The lowest BCUT2D eigenvalue weighted by Crippen LogP contribution is -1.96. The molecule has 0 saturated carbocycles. The van der Waals surface area contributed by atoms with Crippen molar-refractivity contribution in [2.24, 2.45) is 4.99 Å². The monoisotopic (exact) mass is 295 g/mol. The van der Waals surface area contributed by atoms with Crippen molar-refractivity contribution in [1.29, 1.82) is 0 Å². The van der Waals surface area contributed by atoms with Gasteiger partial charge in [-0.05, 0) is 41.5 Å². The summed E-state index contributed by atoms with van der Waals surface area (Å²) in [5.74, 6) is 1.13. The summed E-state index contributed by atoms with van der Waals surface area (Å²) < 4.78 is 0. The van der Waals surface area contributed by atoms with Crippen molar-refractivity contribution in [2.45, 2.75) is 46.5 Å². The van der Waals surface area contributed by atoms with Crippen molar-refractivity contribution in [1.82, 2.24) is 0 Å². The minimum absolute atomic E-state index is 0.305. The lowest BCUT2D eigenvalue weighted by Gasteiger charge is -2.16. The molecule has 2 rings (SSSR count). The fraction of sp³-hybridized carbons (Fsp3) is 0.350. The largest absolute Gasteiger partial charge is 0.507 e. The predicted octanol–water partition coefficient (Wildman–Crippen LogP) is 5.70. The van der Waals surface area contributed by atoms with Gasteiger partial charge in [0.05, 0.1) is 5.69 Å². The highest BCUT2D eigenvalue weighted by molar-refractivity contribution is 5.86. The minimum atomic E-state index is 0.305. The van der Waals surface area contributed by atoms with Crippen molar-refractivity contribution in [2.75, 3.05) is 0 Å². The number of aryl methyl sites for hydroxylation is 1. The molecule has 0 amide bonds. The molecule has 0 aliphatic rings. The summed E-state index contributed by atoms with van der Waals surface area (Å²) in [5.41, 5.74) is 5.15. The Morgan fingerprint density at radius 2 is 1.45 bits per heavy atom. The van der Waals surface area contributed by atoms with Gasteiger partial charge in [0, 0.05) is 11.8 Å². The topological polar surface area (TPSA) is 32.6 Å². The van der Waals surface area contributed by atoms with E-state index in [1.165, 1.54) is 11.1 Å². The molecule has 0 aromatic heterocycles. The molecule has 2 aromatic carbocycles. The fourth-order valence-electron chi connectivity index (χ4n) is 2.58. The van der Waals surface area contributed by atoms with Crippen LogP contribution in [0.25, 0.3) is 0 Å². The molecule has 0 saturated heterocycles. The molecule has 0 aliphatic heterocycles. The zero-order valence-electron chi connectivity index (χ0n) is 14.1. The molecule has 2 aromatic rings. The van der Waals surface area contributed by atoms with Crippen LogP contribution < -0.4 is 0 Å². The number of rotatable bonds is 4. The second-order valence-electron chi connectivity index (χ2n) is 6.37. The van der Waals surface area contributed by atoms with Crippen LogP contribution in [0.4, 0.5) is 5.69 Å². The van der Waals surface area contributed by atoms with Gasteiger partial charge in [0.15, 0.2) is 0 Å². The van der Waals surface area contributed by atoms with Crippen LogP contribution in [0.3, 0.4) is 0 Å². The van der Waals surface area contributed by atoms with Crippen molar-refractivity contribution in [3.05, 3.63) is 58.7 Å². The standard InChI is InChI=1S/C20H25NO/c1-13(2)17-10-7-11-18(14(3)4)19(17)21-12-16-9-6-8-15(5)20(16)22/h6-14,22H,1-5H3/b21-12+. The van der Waals surface area contributed by atoms with E-state index in [0.717, 1.165) is 16.8 Å². The Morgan fingerprint density at radius 3 is 2.00 bits per heavy atom. The van der Waals surface area contributed by atoms with E-state index >= 15 is 0 Å². The molecule has 0 heterocycles. The third kappa shape index (κ3) is 3.38. The maximum absolute atomic E-state index is 10.1. The summed E-state index contributed by atoms with van der Waals surface area (Å²) in [5, 5.41) is 10.1. The van der Waals surface area contributed by atoms with E-state index < -0.39 is 0 Å². The molecule has 2 heteroatoms. The first-order valence-electron chi connectivity index (χ1n) is 7.87. The number of nitrogens with zero attached hydrogens (tertiary/aromatic N) is 1. The van der Waals surface area contributed by atoms with E-state index in [1.54, 1.807) is 6.21 Å². The molecule has 22 heavy (non-hydrogen) atoms. The smallest absolute Gasteiger partial charge is 0.127 e. The van der Waals surface area contributed by atoms with Crippen LogP contribution in [0.1, 0.15) is 61.8 Å². The SMILES string of the molecule is Cc1cccc(/C=N/c2c(C(C)C)cccc2C(C)C)c1O. The van der Waals surface area contributed by atoms with E-state index in [4.69, 9.17) is 4.99 Å². The lowest BCUT2D eigenvalue weighted by atomic mass is 9.93. The Hall–Kier alpha value is -2.09. The molecule has 0 radical (unpaired) electrons. The van der Waals surface area contributed by atoms with Crippen molar-refractivity contribution < 1.29 is 5.11 Å². The predicted molar refractivity (Wildman–Crippen MR) is 94.7 cm³/mol. The highest BCUT2D eigenvalue weighted by atomic mass is 16.3. The third-order valence-corrected chi connectivity index (χ3v) is 3.94. The molecular formula is C20H25NO. The van der Waals surface area contributed by atoms with Gasteiger partial charge >= 0.3 is 0 Å². The molecule has 0 atom stereocenters. The second-order valence-corrected chi connectivity index (χ2v) is 6.37. The summed E-state index contributed by atoms with van der Waals surface area (Å²) in [6, 6.07) is 12.1. The highest BCUT2D eigenvalue weighted by Gasteiger charge is 2.12. The average Bonchev–Trinajstić information content (AvgIpc) is 2.48. The quantitative estimate of drug-likeness (QED) is 0.721. The van der Waals surface area contributed by atoms with Gasteiger partial charge in [0.1, 0.15) is 5.75 Å². The first-order valence-corrected chi connectivity index (χ1v) is 7.87. The Kier molecular flexibility index (Phi) is 5.02. The van der Waals surface area contributed by atoms with Crippen molar-refractivity contribution in [3.63, 3.8) is 0 Å². The van der Waals surface area contributed by atoms with E-state index in [2.05, 4.69) is 45.9 Å². The van der Waals surface area contributed by atoms with E-state index in [9.17, 15) is 5.11 Å². The second kappa shape index (κ2) is 6.78. The molecule has 116 valence electrons. The molecule has 0 bridgehead atoms. The third-order valence-electron chi connectivity index (χ3n) is 3.94. The number of aliphatic imine (C=N–C) groups is 1. The van der Waals surface area contributed by atoms with Crippen molar-refractivity contribution >= 4 is 11.9 Å². The Balaban J connectivity index is 2.52. The van der Waals surface area contributed by atoms with Gasteiger partial charge in [0.2, 0.25) is 0 Å². The molecule has 0 spiro atoms. The van der Waals surface area contributed by atoms with Crippen LogP contribution in [0.2, 0.25) is 0 Å². The summed E-state index contributed by atoms with van der Waals surface area (Å²) >= 11 is 0. The summed E-state index contributed by atoms with van der Waals surface area (Å²) in [6.07, 6.45) is 1.77. The number of para-hydroxylation sites is 2. The lowest BCUT2D eigenvalue weighted by molar-refractivity contribution is 0.470. The van der Waals surface area contributed by atoms with Gasteiger partial charge in [-0.1, -0.05) is 58.0 Å². The van der Waals surface area contributed by atoms with Gasteiger partial charge in [-0.3, -0.25) is 4.99 Å². The molecule has 0 fully saturated rings. The number of aromatic hydroxyl groups is 1. The van der Waals surface area contributed by atoms with Crippen LogP contribution >= 0.6 is 0 Å². The number of phenols is 1. The molecule has 2 nitrogen and oxygen atoms in total. The summed E-state index contributed by atoms with van der Waals surface area (Å²) in [4.78, 5) is 4.74. The first-order chi connectivity index (χ1) is 10.4. The van der Waals surface area contributed by atoms with Crippen LogP contribution in [-0.4, -0.2) is 11.3 Å². The summed E-state index contributed by atoms with van der Waals surface area (Å²) in [7, 11) is 0. The molecule has 0 unspecified atom stereocenters. The normalized spacial score (nSPS) is 11.8. The highest BCUT2D eigenvalue weighted by Crippen LogP contribution is 2.34. The number of benzene rings is 2. The van der Waals surface area contributed by atoms with Gasteiger partial charge in [0.25, 0.3) is 0 Å². The Labute approximate surface area is 133 Å². The molecule has 1 N–H and O–H groups in total. The zero-order valence-corrected chi connectivity index (χ0v) is 14.1. The van der Waals surface area contributed by atoms with E-state index in [0.29, 0.717) is 17.6 Å². The molecule has 0 aliphatic carbocycles. The number of phenolic OH excluding ortho intramolecular Hbond substituents is 1. The Bertz CT molecular complexity index is 658. The zero-order chi connectivity index (χ0) is 16.3. The maximum Gasteiger partial charge on any atom is 0.127 e. The molecular weight excluding hydrogens is 270 g/mol. The van der Waals surface area contributed by atoms with Gasteiger partial charge in [-0.2, -0.15) is 0 Å². The summed E-state index contributed by atoms with van der Waals surface area (Å²) in [6.45, 7) is 10.6. The average molecular weight is 295 g/mol. The van der Waals surface area contributed by atoms with E-state index in [1.807, 2.05) is 25.1 Å². The van der Waals surface area contributed by atoms with Gasteiger partial charge in [-0.15, -0.1) is 0 Å². The van der Waals surface area contributed by atoms with Crippen LogP contribution in [-0.2, 0) is 0 Å². The van der Waals surface area contributed by atoms with Gasteiger partial charge in [-0.25, -0.2) is 0 Å². The Morgan fingerprint density at radius 1 is 0.909 bits per heavy atom. The van der Waals surface area contributed by atoms with E-state index in [-0.39, 0.29) is 0 Å². The first kappa shape index (κ1) is 16.3. The minimum Gasteiger partial charge on any atom is -0.507 e. The van der Waals surface area contributed by atoms with Crippen molar-refractivity contribution in [3.8, 4) is 5.75 Å². The van der Waals surface area contributed by atoms with Gasteiger partial charge < -0.3 is 5.11 Å². The van der Waals surface area contributed by atoms with Crippen LogP contribution in [0.5, 0.6) is 5.75 Å². The van der Waals surface area contributed by atoms with Crippen LogP contribution in [0, 0.1) is 6.92 Å². The fourth-order valence-corrected chi connectivity index (χ4v) is 2.58. The number of hydrogen-bond donors (Lipinski definition) is 1.